The lowest BCUT2D eigenvalue weighted by Crippen LogP contribution is -2.49. The molecule has 0 aromatic heterocycles. The second-order valence-corrected chi connectivity index (χ2v) is 5.54. The van der Waals surface area contributed by atoms with Crippen LogP contribution in [0.15, 0.2) is 12.1 Å². The van der Waals surface area contributed by atoms with Gasteiger partial charge in [-0.2, -0.15) is 0 Å². The molecule has 112 valence electrons. The maximum atomic E-state index is 9.72. The molecule has 1 aromatic rings. The molecule has 0 unspecified atom stereocenters. The van der Waals surface area contributed by atoms with Crippen molar-refractivity contribution in [3.63, 3.8) is 0 Å². The Kier molecular flexibility index (Phi) is 4.66. The Bertz CT molecular complexity index is 478. The second kappa shape index (κ2) is 6.10. The molecule has 2 aliphatic rings. The van der Waals surface area contributed by atoms with Crippen molar-refractivity contribution in [2.24, 2.45) is 0 Å². The number of fused-ring (bicyclic) bond motifs is 3. The van der Waals surface area contributed by atoms with Crippen LogP contribution in [-0.4, -0.2) is 40.9 Å². The maximum Gasteiger partial charge on any atom is 0.161 e. The van der Waals surface area contributed by atoms with E-state index in [1.54, 1.807) is 12.1 Å². The number of piperidine rings is 1. The Hall–Kier alpha value is -1.13. The van der Waals surface area contributed by atoms with Gasteiger partial charge in [0.2, 0.25) is 0 Å². The molecule has 1 aromatic carbocycles. The number of nitrogens with zero attached hydrogens (tertiary/aromatic N) is 1. The Morgan fingerprint density at radius 1 is 1.30 bits per heavy atom. The van der Waals surface area contributed by atoms with Crippen LogP contribution in [0.4, 0.5) is 0 Å². The summed E-state index contributed by atoms with van der Waals surface area (Å²) in [6, 6.07) is 3.63. The molecule has 3 rings (SSSR count). The predicted molar refractivity (Wildman–Crippen MR) is 80.1 cm³/mol. The minimum absolute atomic E-state index is 0. The minimum atomic E-state index is -0.0987. The largest absolute Gasteiger partial charge is 0.504 e. The first-order chi connectivity index (χ1) is 9.20. The van der Waals surface area contributed by atoms with Crippen LogP contribution in [0.25, 0.3) is 0 Å². The number of aromatic hydroxyl groups is 2. The molecule has 2 N–H and O–H groups in total. The molecule has 2 heterocycles. The highest BCUT2D eigenvalue weighted by Gasteiger charge is 2.37. The monoisotopic (exact) mass is 299 g/mol. The number of phenolic OH excluding ortho intramolecular Hbond substituents is 2. The van der Waals surface area contributed by atoms with Gasteiger partial charge < -0.3 is 14.9 Å². The second-order valence-electron chi connectivity index (χ2n) is 5.54. The van der Waals surface area contributed by atoms with Crippen molar-refractivity contribution < 1.29 is 14.9 Å². The molecule has 1 fully saturated rings. The fourth-order valence-electron chi connectivity index (χ4n) is 3.44. The first-order valence-corrected chi connectivity index (χ1v) is 7.13. The average Bonchev–Trinajstić information content (AvgIpc) is 2.41. The van der Waals surface area contributed by atoms with E-state index in [2.05, 4.69) is 11.8 Å². The number of hydrogen-bond acceptors (Lipinski definition) is 4. The molecule has 1 saturated heterocycles. The van der Waals surface area contributed by atoms with Crippen molar-refractivity contribution in [1.29, 1.82) is 0 Å². The summed E-state index contributed by atoms with van der Waals surface area (Å²) in [5, 5.41) is 19.3. The highest BCUT2D eigenvalue weighted by atomic mass is 35.5. The molecule has 5 heteroatoms. The zero-order valence-corrected chi connectivity index (χ0v) is 12.5. The highest BCUT2D eigenvalue weighted by molar-refractivity contribution is 5.85. The lowest BCUT2D eigenvalue weighted by Gasteiger charge is -2.44. The smallest absolute Gasteiger partial charge is 0.161 e. The molecule has 0 radical (unpaired) electrons. The number of benzene rings is 1. The number of hydrogen-bond donors (Lipinski definition) is 2. The van der Waals surface area contributed by atoms with Gasteiger partial charge in [0.15, 0.2) is 11.5 Å². The first-order valence-electron chi connectivity index (χ1n) is 7.13. The van der Waals surface area contributed by atoms with Crippen molar-refractivity contribution in [3.8, 4) is 17.2 Å². The van der Waals surface area contributed by atoms with Crippen LogP contribution in [0.3, 0.4) is 0 Å². The molecule has 0 bridgehead atoms. The summed E-state index contributed by atoms with van der Waals surface area (Å²) in [6.07, 6.45) is 3.46. The third-order valence-corrected chi connectivity index (χ3v) is 4.32. The van der Waals surface area contributed by atoms with Gasteiger partial charge in [-0.25, -0.2) is 0 Å². The first kappa shape index (κ1) is 15.3. The van der Waals surface area contributed by atoms with Crippen LogP contribution >= 0.6 is 12.4 Å². The van der Waals surface area contributed by atoms with E-state index in [4.69, 9.17) is 4.74 Å². The summed E-state index contributed by atoms with van der Waals surface area (Å²) in [5.41, 5.74) is 1.05. The highest BCUT2D eigenvalue weighted by Crippen LogP contribution is 2.45. The maximum absolute atomic E-state index is 9.72. The molecule has 0 saturated carbocycles. The van der Waals surface area contributed by atoms with Crippen molar-refractivity contribution in [2.75, 3.05) is 19.7 Å². The zero-order chi connectivity index (χ0) is 13.4. The fraction of sp³-hybridized carbons (Fsp3) is 0.600. The zero-order valence-electron chi connectivity index (χ0n) is 11.7. The van der Waals surface area contributed by atoms with Crippen molar-refractivity contribution in [1.82, 2.24) is 4.90 Å². The van der Waals surface area contributed by atoms with Crippen LogP contribution in [-0.2, 0) is 0 Å². The third-order valence-electron chi connectivity index (χ3n) is 4.32. The van der Waals surface area contributed by atoms with E-state index in [-0.39, 0.29) is 23.9 Å². The lowest BCUT2D eigenvalue weighted by molar-refractivity contribution is 0.0656. The molecule has 0 amide bonds. The summed E-state index contributed by atoms with van der Waals surface area (Å²) >= 11 is 0. The fourth-order valence-corrected chi connectivity index (χ4v) is 3.44. The minimum Gasteiger partial charge on any atom is -0.504 e. The van der Waals surface area contributed by atoms with E-state index in [0.29, 0.717) is 18.6 Å². The summed E-state index contributed by atoms with van der Waals surface area (Å²) in [4.78, 5) is 2.50. The Morgan fingerprint density at radius 2 is 2.05 bits per heavy atom. The molecule has 0 aliphatic carbocycles. The Balaban J connectivity index is 0.00000147. The van der Waals surface area contributed by atoms with Crippen LogP contribution < -0.4 is 4.74 Å². The van der Waals surface area contributed by atoms with Gasteiger partial charge in [0.05, 0.1) is 6.04 Å². The van der Waals surface area contributed by atoms with E-state index in [1.807, 2.05) is 0 Å². The van der Waals surface area contributed by atoms with Gasteiger partial charge in [-0.05, 0) is 38.4 Å². The van der Waals surface area contributed by atoms with E-state index < -0.39 is 0 Å². The number of phenols is 2. The molecular formula is C15H22ClNO3. The van der Waals surface area contributed by atoms with Crippen molar-refractivity contribution >= 4 is 12.4 Å². The summed E-state index contributed by atoms with van der Waals surface area (Å²) in [5.74, 6) is 1.000. The van der Waals surface area contributed by atoms with E-state index >= 15 is 0 Å². The number of likely N-dealkylation sites (tertiary alicyclic amines) is 1. The standard InChI is InChI=1S/C15H21NO3.ClH/c1-2-5-16-6-3-4-10-11-7-13(17)14(18)8-15(11)19-9-12(10)16;/h7-8,10,12,17-18H,2-6,9H2,1H3;1H/t10-,12-;/m1./s1. The van der Waals surface area contributed by atoms with Gasteiger partial charge >= 0.3 is 0 Å². The molecule has 0 spiro atoms. The van der Waals surface area contributed by atoms with E-state index in [0.717, 1.165) is 37.2 Å². The third kappa shape index (κ3) is 2.54. The van der Waals surface area contributed by atoms with Gasteiger partial charge in [-0.1, -0.05) is 6.92 Å². The number of halogens is 1. The van der Waals surface area contributed by atoms with Crippen molar-refractivity contribution in [2.45, 2.75) is 38.1 Å². The van der Waals surface area contributed by atoms with Crippen LogP contribution in [0.2, 0.25) is 0 Å². The van der Waals surface area contributed by atoms with Gasteiger partial charge in [-0.15, -0.1) is 12.4 Å². The summed E-state index contributed by atoms with van der Waals surface area (Å²) < 4.78 is 5.79. The number of ether oxygens (including phenoxy) is 1. The topological polar surface area (TPSA) is 52.9 Å². The number of rotatable bonds is 2. The molecule has 20 heavy (non-hydrogen) atoms. The SMILES string of the molecule is CCCN1CCC[C@@H]2c3cc(O)c(O)cc3OC[C@H]21.Cl. The van der Waals surface area contributed by atoms with Gasteiger partial charge in [-0.3, -0.25) is 4.90 Å². The van der Waals surface area contributed by atoms with E-state index in [1.165, 1.54) is 6.42 Å². The Morgan fingerprint density at radius 3 is 2.80 bits per heavy atom. The normalized spacial score (nSPS) is 25.1. The summed E-state index contributed by atoms with van der Waals surface area (Å²) in [7, 11) is 0. The predicted octanol–water partition coefficient (Wildman–Crippen LogP) is 2.87. The molecule has 2 aliphatic heterocycles. The van der Waals surface area contributed by atoms with Crippen molar-refractivity contribution in [3.05, 3.63) is 17.7 Å². The quantitative estimate of drug-likeness (QED) is 0.825. The van der Waals surface area contributed by atoms with Gasteiger partial charge in [0, 0.05) is 17.5 Å². The van der Waals surface area contributed by atoms with Gasteiger partial charge in [0.1, 0.15) is 12.4 Å². The average molecular weight is 300 g/mol. The van der Waals surface area contributed by atoms with E-state index in [9.17, 15) is 10.2 Å². The molecule has 2 atom stereocenters. The Labute approximate surface area is 125 Å². The molecule has 4 nitrogen and oxygen atoms in total. The van der Waals surface area contributed by atoms with Crippen LogP contribution in [0.1, 0.15) is 37.7 Å². The van der Waals surface area contributed by atoms with Crippen LogP contribution in [0, 0.1) is 0 Å². The van der Waals surface area contributed by atoms with Crippen LogP contribution in [0.5, 0.6) is 17.2 Å². The molecular weight excluding hydrogens is 278 g/mol. The lowest BCUT2D eigenvalue weighted by atomic mass is 9.81. The summed E-state index contributed by atoms with van der Waals surface area (Å²) in [6.45, 7) is 5.12. The van der Waals surface area contributed by atoms with Gasteiger partial charge in [0.25, 0.3) is 0 Å².